The standard InChI is InChI=1S/C17H32N4O.HI/c1-18-16(19-13-15-5-4-6-15)20-14-17(7-11-22-12-8-17)21-9-2-3-10-21;/h15H,2-14H2,1H3,(H2,18,19,20);1H. The second-order valence-electron chi connectivity index (χ2n) is 7.13. The lowest BCUT2D eigenvalue weighted by molar-refractivity contribution is -0.0164. The van der Waals surface area contributed by atoms with Gasteiger partial charge >= 0.3 is 0 Å². The third-order valence-electron chi connectivity index (χ3n) is 5.79. The van der Waals surface area contributed by atoms with Crippen molar-refractivity contribution in [2.75, 3.05) is 46.4 Å². The predicted octanol–water partition coefficient (Wildman–Crippen LogP) is 2.21. The van der Waals surface area contributed by atoms with Crippen LogP contribution in [0.4, 0.5) is 0 Å². The molecule has 2 saturated heterocycles. The van der Waals surface area contributed by atoms with Crippen molar-refractivity contribution >= 4 is 29.9 Å². The van der Waals surface area contributed by atoms with Gasteiger partial charge in [0.05, 0.1) is 0 Å². The number of nitrogens with one attached hydrogen (secondary N) is 2. The van der Waals surface area contributed by atoms with Gasteiger partial charge in [0.15, 0.2) is 5.96 Å². The van der Waals surface area contributed by atoms with Crippen LogP contribution in [-0.4, -0.2) is 62.8 Å². The van der Waals surface area contributed by atoms with Crippen LogP contribution in [-0.2, 0) is 4.74 Å². The monoisotopic (exact) mass is 436 g/mol. The molecular formula is C17H33IN4O. The van der Waals surface area contributed by atoms with Crippen LogP contribution in [0, 0.1) is 5.92 Å². The van der Waals surface area contributed by atoms with Gasteiger partial charge in [0.1, 0.15) is 0 Å². The highest BCUT2D eigenvalue weighted by atomic mass is 127. The first-order valence-corrected chi connectivity index (χ1v) is 9.10. The Labute approximate surface area is 158 Å². The maximum Gasteiger partial charge on any atom is 0.191 e. The summed E-state index contributed by atoms with van der Waals surface area (Å²) in [5, 5.41) is 7.11. The van der Waals surface area contributed by atoms with Crippen LogP contribution in [0.5, 0.6) is 0 Å². The lowest BCUT2D eigenvalue weighted by atomic mass is 9.85. The molecule has 5 nitrogen and oxygen atoms in total. The minimum atomic E-state index is 0. The highest BCUT2D eigenvalue weighted by Gasteiger charge is 2.39. The van der Waals surface area contributed by atoms with Crippen LogP contribution >= 0.6 is 24.0 Å². The second kappa shape index (κ2) is 9.42. The van der Waals surface area contributed by atoms with Gasteiger partial charge in [-0.05, 0) is 57.5 Å². The first-order valence-electron chi connectivity index (χ1n) is 9.10. The maximum atomic E-state index is 5.62. The van der Waals surface area contributed by atoms with E-state index in [1.165, 1.54) is 45.2 Å². The average Bonchev–Trinajstić information content (AvgIpc) is 3.05. The molecule has 0 amide bonds. The molecule has 0 spiro atoms. The molecule has 1 saturated carbocycles. The number of hydrogen-bond acceptors (Lipinski definition) is 3. The topological polar surface area (TPSA) is 48.9 Å². The predicted molar refractivity (Wildman–Crippen MR) is 106 cm³/mol. The van der Waals surface area contributed by atoms with Crippen molar-refractivity contribution in [2.24, 2.45) is 10.9 Å². The van der Waals surface area contributed by atoms with E-state index in [1.807, 2.05) is 7.05 Å². The van der Waals surface area contributed by atoms with Gasteiger partial charge in [-0.25, -0.2) is 0 Å². The van der Waals surface area contributed by atoms with Crippen LogP contribution in [0.2, 0.25) is 0 Å². The molecule has 0 radical (unpaired) electrons. The third-order valence-corrected chi connectivity index (χ3v) is 5.79. The van der Waals surface area contributed by atoms with E-state index in [9.17, 15) is 0 Å². The number of halogens is 1. The first-order chi connectivity index (χ1) is 10.8. The van der Waals surface area contributed by atoms with Crippen molar-refractivity contribution < 1.29 is 4.74 Å². The highest BCUT2D eigenvalue weighted by Crippen LogP contribution is 2.30. The molecule has 2 N–H and O–H groups in total. The van der Waals surface area contributed by atoms with Gasteiger partial charge in [0.25, 0.3) is 0 Å². The maximum absolute atomic E-state index is 5.62. The Balaban J connectivity index is 0.00000192. The van der Waals surface area contributed by atoms with Gasteiger partial charge in [-0.1, -0.05) is 6.42 Å². The molecule has 0 bridgehead atoms. The van der Waals surface area contributed by atoms with Gasteiger partial charge in [-0.15, -0.1) is 24.0 Å². The van der Waals surface area contributed by atoms with Crippen LogP contribution < -0.4 is 10.6 Å². The van der Waals surface area contributed by atoms with Crippen LogP contribution in [0.3, 0.4) is 0 Å². The molecule has 3 aliphatic rings. The molecule has 0 aromatic rings. The van der Waals surface area contributed by atoms with Gasteiger partial charge in [-0.3, -0.25) is 9.89 Å². The summed E-state index contributed by atoms with van der Waals surface area (Å²) in [6, 6.07) is 0. The van der Waals surface area contributed by atoms with Crippen LogP contribution in [0.15, 0.2) is 4.99 Å². The van der Waals surface area contributed by atoms with E-state index in [0.717, 1.165) is 51.0 Å². The number of rotatable bonds is 5. The molecule has 0 atom stereocenters. The van der Waals surface area contributed by atoms with E-state index in [4.69, 9.17) is 4.74 Å². The molecule has 1 aliphatic carbocycles. The van der Waals surface area contributed by atoms with E-state index < -0.39 is 0 Å². The zero-order valence-corrected chi connectivity index (χ0v) is 16.8. The Morgan fingerprint density at radius 2 is 1.83 bits per heavy atom. The highest BCUT2D eigenvalue weighted by molar-refractivity contribution is 14.0. The van der Waals surface area contributed by atoms with Crippen molar-refractivity contribution in [3.05, 3.63) is 0 Å². The lowest BCUT2D eigenvalue weighted by Gasteiger charge is -2.45. The summed E-state index contributed by atoms with van der Waals surface area (Å²) in [4.78, 5) is 7.10. The molecule has 6 heteroatoms. The van der Waals surface area contributed by atoms with Crippen LogP contribution in [0.1, 0.15) is 44.9 Å². The van der Waals surface area contributed by atoms with E-state index in [2.05, 4.69) is 20.5 Å². The Kier molecular flexibility index (Phi) is 7.88. The summed E-state index contributed by atoms with van der Waals surface area (Å²) >= 11 is 0. The zero-order chi connectivity index (χ0) is 15.3. The molecule has 2 aliphatic heterocycles. The summed E-state index contributed by atoms with van der Waals surface area (Å²) in [5.41, 5.74) is 0.267. The second-order valence-corrected chi connectivity index (χ2v) is 7.13. The summed E-state index contributed by atoms with van der Waals surface area (Å²) in [5.74, 6) is 1.83. The fourth-order valence-corrected chi connectivity index (χ4v) is 3.95. The number of nitrogens with zero attached hydrogens (tertiary/aromatic N) is 2. The lowest BCUT2D eigenvalue weighted by Crippen LogP contribution is -2.58. The molecule has 23 heavy (non-hydrogen) atoms. The minimum Gasteiger partial charge on any atom is -0.381 e. The quantitative estimate of drug-likeness (QED) is 0.394. The van der Waals surface area contributed by atoms with E-state index in [-0.39, 0.29) is 29.5 Å². The van der Waals surface area contributed by atoms with Crippen molar-refractivity contribution in [3.63, 3.8) is 0 Å². The van der Waals surface area contributed by atoms with E-state index >= 15 is 0 Å². The van der Waals surface area contributed by atoms with E-state index in [1.54, 1.807) is 0 Å². The van der Waals surface area contributed by atoms with Gasteiger partial charge in [0, 0.05) is 38.9 Å². The molecule has 3 rings (SSSR count). The molecule has 0 unspecified atom stereocenters. The fourth-order valence-electron chi connectivity index (χ4n) is 3.95. The molecule has 134 valence electrons. The Hall–Kier alpha value is -0.0800. The largest absolute Gasteiger partial charge is 0.381 e. The first kappa shape index (κ1) is 19.2. The van der Waals surface area contributed by atoms with E-state index in [0.29, 0.717) is 0 Å². The van der Waals surface area contributed by atoms with Crippen molar-refractivity contribution in [3.8, 4) is 0 Å². The average molecular weight is 436 g/mol. The molecule has 0 aromatic heterocycles. The summed E-state index contributed by atoms with van der Waals surface area (Å²) < 4.78 is 5.62. The zero-order valence-electron chi connectivity index (χ0n) is 14.5. The normalized spacial score (nSPS) is 25.5. The Bertz CT molecular complexity index is 375. The molecular weight excluding hydrogens is 403 g/mol. The molecule has 3 fully saturated rings. The number of guanidine groups is 1. The fraction of sp³-hybridized carbons (Fsp3) is 0.941. The Morgan fingerprint density at radius 3 is 2.39 bits per heavy atom. The third kappa shape index (κ3) is 4.95. The van der Waals surface area contributed by atoms with Crippen molar-refractivity contribution in [2.45, 2.75) is 50.5 Å². The number of likely N-dealkylation sites (tertiary alicyclic amines) is 1. The SMILES string of the molecule is CN=C(NCC1CCC1)NCC1(N2CCCC2)CCOCC1.I. The summed E-state index contributed by atoms with van der Waals surface area (Å²) in [7, 11) is 1.88. The van der Waals surface area contributed by atoms with Crippen molar-refractivity contribution in [1.29, 1.82) is 0 Å². The number of ether oxygens (including phenoxy) is 1. The van der Waals surface area contributed by atoms with Gasteiger partial charge < -0.3 is 15.4 Å². The van der Waals surface area contributed by atoms with Crippen molar-refractivity contribution in [1.82, 2.24) is 15.5 Å². The smallest absolute Gasteiger partial charge is 0.191 e. The minimum absolute atomic E-state index is 0. The van der Waals surface area contributed by atoms with Gasteiger partial charge in [-0.2, -0.15) is 0 Å². The summed E-state index contributed by atoms with van der Waals surface area (Å²) in [6.07, 6.45) is 9.11. The molecule has 0 aromatic carbocycles. The number of hydrogen-bond donors (Lipinski definition) is 2. The van der Waals surface area contributed by atoms with Gasteiger partial charge in [0.2, 0.25) is 0 Å². The molecule has 2 heterocycles. The van der Waals surface area contributed by atoms with Crippen LogP contribution in [0.25, 0.3) is 0 Å². The Morgan fingerprint density at radius 1 is 1.13 bits per heavy atom. The number of aliphatic imine (C=N–C) groups is 1. The summed E-state index contributed by atoms with van der Waals surface area (Å²) in [6.45, 7) is 6.34.